The van der Waals surface area contributed by atoms with E-state index in [1.165, 1.54) is 23.8 Å². The van der Waals surface area contributed by atoms with Gasteiger partial charge in [-0.3, -0.25) is 20.2 Å². The summed E-state index contributed by atoms with van der Waals surface area (Å²) in [7, 11) is 0. The highest BCUT2D eigenvalue weighted by Crippen LogP contribution is 2.27. The van der Waals surface area contributed by atoms with Crippen molar-refractivity contribution in [3.8, 4) is 11.5 Å². The van der Waals surface area contributed by atoms with Crippen LogP contribution in [0.1, 0.15) is 21.5 Å². The Balaban J connectivity index is 1.50. The van der Waals surface area contributed by atoms with Crippen LogP contribution in [0, 0.1) is 24.0 Å². The molecule has 0 spiro atoms. The Bertz CT molecular complexity index is 1430. The van der Waals surface area contributed by atoms with Gasteiger partial charge < -0.3 is 9.73 Å². The van der Waals surface area contributed by atoms with Gasteiger partial charge in [0.2, 0.25) is 5.89 Å². The third kappa shape index (κ3) is 4.91. The van der Waals surface area contributed by atoms with Crippen LogP contribution in [0.15, 0.2) is 63.5 Å². The minimum Gasteiger partial charge on any atom is -0.436 e. The summed E-state index contributed by atoms with van der Waals surface area (Å²) in [6.07, 6.45) is 0. The zero-order valence-corrected chi connectivity index (χ0v) is 19.9. The number of aromatic nitrogens is 1. The van der Waals surface area contributed by atoms with Crippen LogP contribution in [0.25, 0.3) is 22.6 Å². The van der Waals surface area contributed by atoms with E-state index in [0.29, 0.717) is 27.2 Å². The van der Waals surface area contributed by atoms with Crippen LogP contribution in [0.5, 0.6) is 0 Å². The standard InChI is InChI=1S/C23H17BrN4O4S/c1-12-3-4-14(9-13(12)2)22-26-19-10-15(5-8-20(19)32-22)25-23(33)27-21(29)17-11-16(28(30)31)6-7-18(17)24/h3-11H,1-2H3,(H2,25,27,29,33). The summed E-state index contributed by atoms with van der Waals surface area (Å²) in [4.78, 5) is 27.5. The number of halogens is 1. The molecule has 1 heterocycles. The van der Waals surface area contributed by atoms with Crippen LogP contribution in [0.4, 0.5) is 11.4 Å². The van der Waals surface area contributed by atoms with Crippen LogP contribution < -0.4 is 10.6 Å². The fourth-order valence-corrected chi connectivity index (χ4v) is 3.77. The molecule has 0 aliphatic rings. The molecule has 4 rings (SSSR count). The van der Waals surface area contributed by atoms with E-state index in [4.69, 9.17) is 16.6 Å². The van der Waals surface area contributed by atoms with Crippen LogP contribution in [0.2, 0.25) is 0 Å². The SMILES string of the molecule is Cc1ccc(-c2nc3cc(NC(=S)NC(=O)c4cc([N+](=O)[O-])ccc4Br)ccc3o2)cc1C. The third-order valence-electron chi connectivity index (χ3n) is 5.03. The van der Waals surface area contributed by atoms with Gasteiger partial charge in [-0.1, -0.05) is 6.07 Å². The fourth-order valence-electron chi connectivity index (χ4n) is 3.14. The van der Waals surface area contributed by atoms with E-state index in [1.807, 2.05) is 32.0 Å². The first-order chi connectivity index (χ1) is 15.7. The van der Waals surface area contributed by atoms with E-state index in [9.17, 15) is 14.9 Å². The first kappa shape index (κ1) is 22.6. The molecule has 0 radical (unpaired) electrons. The van der Waals surface area contributed by atoms with Gasteiger partial charge in [0.25, 0.3) is 11.6 Å². The Kier molecular flexibility index (Phi) is 6.21. The largest absolute Gasteiger partial charge is 0.436 e. The van der Waals surface area contributed by atoms with Gasteiger partial charge in [-0.15, -0.1) is 0 Å². The number of carbonyl (C=O) groups is 1. The molecule has 0 aliphatic carbocycles. The molecule has 1 amide bonds. The van der Waals surface area contributed by atoms with E-state index < -0.39 is 10.8 Å². The molecule has 10 heteroatoms. The number of hydrogen-bond donors (Lipinski definition) is 2. The number of nitrogens with one attached hydrogen (secondary N) is 2. The van der Waals surface area contributed by atoms with Gasteiger partial charge in [-0.25, -0.2) is 4.98 Å². The number of benzene rings is 3. The second kappa shape index (κ2) is 9.08. The van der Waals surface area contributed by atoms with Crippen molar-refractivity contribution in [2.45, 2.75) is 13.8 Å². The molecular weight excluding hydrogens is 508 g/mol. The molecule has 0 bridgehead atoms. The highest BCUT2D eigenvalue weighted by molar-refractivity contribution is 9.10. The van der Waals surface area contributed by atoms with Gasteiger partial charge in [-0.2, -0.15) is 0 Å². The molecular formula is C23H17BrN4O4S. The maximum atomic E-state index is 12.5. The number of amides is 1. The topological polar surface area (TPSA) is 110 Å². The molecule has 0 unspecified atom stereocenters. The molecule has 4 aromatic rings. The maximum absolute atomic E-state index is 12.5. The van der Waals surface area contributed by atoms with Crippen molar-refractivity contribution in [2.24, 2.45) is 0 Å². The Morgan fingerprint density at radius 2 is 1.88 bits per heavy atom. The number of nitro benzene ring substituents is 1. The van der Waals surface area contributed by atoms with Crippen LogP contribution in [-0.2, 0) is 0 Å². The number of rotatable bonds is 4. The molecule has 0 atom stereocenters. The van der Waals surface area contributed by atoms with Gasteiger partial charge in [0.05, 0.1) is 10.5 Å². The van der Waals surface area contributed by atoms with Gasteiger partial charge in [-0.05, 0) is 89.5 Å². The molecule has 0 fully saturated rings. The smallest absolute Gasteiger partial charge is 0.270 e. The van der Waals surface area contributed by atoms with Gasteiger partial charge in [0.1, 0.15) is 5.52 Å². The van der Waals surface area contributed by atoms with Gasteiger partial charge in [0, 0.05) is 27.9 Å². The molecule has 166 valence electrons. The lowest BCUT2D eigenvalue weighted by atomic mass is 10.1. The van der Waals surface area contributed by atoms with Crippen molar-refractivity contribution in [3.05, 3.63) is 85.9 Å². The molecule has 33 heavy (non-hydrogen) atoms. The minimum atomic E-state index is -0.581. The summed E-state index contributed by atoms with van der Waals surface area (Å²) < 4.78 is 6.29. The van der Waals surface area contributed by atoms with Crippen molar-refractivity contribution in [1.82, 2.24) is 10.3 Å². The number of carbonyl (C=O) groups excluding carboxylic acids is 1. The van der Waals surface area contributed by atoms with E-state index in [0.717, 1.165) is 11.1 Å². The third-order valence-corrected chi connectivity index (χ3v) is 5.93. The number of anilines is 1. The number of fused-ring (bicyclic) bond motifs is 1. The van der Waals surface area contributed by atoms with Crippen LogP contribution in [-0.4, -0.2) is 20.9 Å². The molecule has 0 saturated carbocycles. The lowest BCUT2D eigenvalue weighted by Gasteiger charge is -2.10. The van der Waals surface area contributed by atoms with Gasteiger partial charge >= 0.3 is 0 Å². The summed E-state index contributed by atoms with van der Waals surface area (Å²) >= 11 is 8.46. The number of nitrogens with zero attached hydrogens (tertiary/aromatic N) is 2. The zero-order valence-electron chi connectivity index (χ0n) is 17.5. The fraction of sp³-hybridized carbons (Fsp3) is 0.0870. The first-order valence-corrected chi connectivity index (χ1v) is 11.0. The van der Waals surface area contributed by atoms with Crippen molar-refractivity contribution >= 4 is 61.6 Å². The van der Waals surface area contributed by atoms with Crippen molar-refractivity contribution in [2.75, 3.05) is 5.32 Å². The molecule has 8 nitrogen and oxygen atoms in total. The predicted molar refractivity (Wildman–Crippen MR) is 133 cm³/mol. The van der Waals surface area contributed by atoms with Gasteiger partial charge in [0.15, 0.2) is 10.7 Å². The summed E-state index contributed by atoms with van der Waals surface area (Å²) in [5.74, 6) is -0.0701. The highest BCUT2D eigenvalue weighted by Gasteiger charge is 2.17. The molecule has 2 N–H and O–H groups in total. The normalized spacial score (nSPS) is 10.8. The average molecular weight is 525 g/mol. The number of hydrogen-bond acceptors (Lipinski definition) is 6. The van der Waals surface area contributed by atoms with E-state index in [1.54, 1.807) is 18.2 Å². The number of aryl methyl sites for hydroxylation is 2. The minimum absolute atomic E-state index is 0.0376. The molecule has 0 saturated heterocycles. The molecule has 1 aromatic heterocycles. The Morgan fingerprint density at radius 3 is 2.61 bits per heavy atom. The summed E-state index contributed by atoms with van der Waals surface area (Å²) in [6, 6.07) is 15.2. The van der Waals surface area contributed by atoms with Crippen molar-refractivity contribution in [3.63, 3.8) is 0 Å². The lowest BCUT2D eigenvalue weighted by Crippen LogP contribution is -2.34. The van der Waals surface area contributed by atoms with Crippen LogP contribution in [0.3, 0.4) is 0 Å². The Labute approximate surface area is 202 Å². The number of oxazole rings is 1. The lowest BCUT2D eigenvalue weighted by molar-refractivity contribution is -0.384. The number of non-ortho nitro benzene ring substituents is 1. The number of nitro groups is 1. The Morgan fingerprint density at radius 1 is 1.09 bits per heavy atom. The van der Waals surface area contributed by atoms with Crippen LogP contribution >= 0.6 is 28.1 Å². The highest BCUT2D eigenvalue weighted by atomic mass is 79.9. The average Bonchev–Trinajstić information content (AvgIpc) is 3.19. The first-order valence-electron chi connectivity index (χ1n) is 9.76. The Hall–Kier alpha value is -3.63. The molecule has 0 aliphatic heterocycles. The number of thiocarbonyl (C=S) groups is 1. The van der Waals surface area contributed by atoms with Crippen molar-refractivity contribution in [1.29, 1.82) is 0 Å². The molecule has 3 aromatic carbocycles. The quantitative estimate of drug-likeness (QED) is 0.194. The summed E-state index contributed by atoms with van der Waals surface area (Å²) in [5.41, 5.74) is 4.97. The zero-order chi connectivity index (χ0) is 23.7. The summed E-state index contributed by atoms with van der Waals surface area (Å²) in [5, 5.41) is 16.5. The summed E-state index contributed by atoms with van der Waals surface area (Å²) in [6.45, 7) is 4.08. The maximum Gasteiger partial charge on any atom is 0.270 e. The van der Waals surface area contributed by atoms with E-state index >= 15 is 0 Å². The second-order valence-electron chi connectivity index (χ2n) is 7.33. The predicted octanol–water partition coefficient (Wildman–Crippen LogP) is 5.91. The second-order valence-corrected chi connectivity index (χ2v) is 8.59. The van der Waals surface area contributed by atoms with E-state index in [2.05, 4.69) is 31.5 Å². The monoisotopic (exact) mass is 524 g/mol. The van der Waals surface area contributed by atoms with E-state index in [-0.39, 0.29) is 16.4 Å². The van der Waals surface area contributed by atoms with Crippen molar-refractivity contribution < 1.29 is 14.1 Å².